The first-order valence-corrected chi connectivity index (χ1v) is 11.8. The summed E-state index contributed by atoms with van der Waals surface area (Å²) >= 11 is 0. The number of benzene rings is 3. The molecular weight excluding hydrogens is 464 g/mol. The quantitative estimate of drug-likeness (QED) is 0.370. The highest BCUT2D eigenvalue weighted by Crippen LogP contribution is 2.62. The van der Waals surface area contributed by atoms with Crippen molar-refractivity contribution < 1.29 is 39.5 Å². The molecule has 3 aliphatic carbocycles. The largest absolute Gasteiger partial charge is 0.507 e. The molecule has 1 unspecified atom stereocenters. The second kappa shape index (κ2) is 6.66. The van der Waals surface area contributed by atoms with E-state index in [9.17, 15) is 34.8 Å². The molecule has 1 fully saturated rings. The van der Waals surface area contributed by atoms with E-state index in [0.29, 0.717) is 17.4 Å². The Kier molecular flexibility index (Phi) is 3.88. The van der Waals surface area contributed by atoms with E-state index in [1.165, 1.54) is 24.3 Å². The summed E-state index contributed by atoms with van der Waals surface area (Å²) in [6, 6.07) is 8.84. The maximum absolute atomic E-state index is 14.3. The van der Waals surface area contributed by atoms with Gasteiger partial charge in [-0.05, 0) is 30.9 Å². The molecule has 3 aromatic rings. The van der Waals surface area contributed by atoms with Crippen LogP contribution in [0.3, 0.4) is 0 Å². The normalized spacial score (nSPS) is 26.2. The minimum Gasteiger partial charge on any atom is -0.507 e. The number of hydrogen-bond acceptors (Lipinski definition) is 8. The average molecular weight is 484 g/mol. The van der Waals surface area contributed by atoms with E-state index >= 15 is 0 Å². The zero-order valence-electron chi connectivity index (χ0n) is 18.9. The van der Waals surface area contributed by atoms with Gasteiger partial charge >= 0.3 is 0 Å². The Labute approximate surface area is 204 Å². The summed E-state index contributed by atoms with van der Waals surface area (Å²) in [5.41, 5.74) is -1.58. The maximum Gasteiger partial charge on any atom is 0.212 e. The van der Waals surface area contributed by atoms with Crippen molar-refractivity contribution in [2.45, 2.75) is 37.2 Å². The maximum atomic E-state index is 14.3. The van der Waals surface area contributed by atoms with E-state index in [4.69, 9.17) is 4.74 Å². The fourth-order valence-electron chi connectivity index (χ4n) is 6.91. The van der Waals surface area contributed by atoms with E-state index in [2.05, 4.69) is 0 Å². The van der Waals surface area contributed by atoms with Crippen LogP contribution in [0.15, 0.2) is 42.0 Å². The second-order valence-corrected chi connectivity index (χ2v) is 9.89. The third-order valence-electron chi connectivity index (χ3n) is 8.31. The summed E-state index contributed by atoms with van der Waals surface area (Å²) in [7, 11) is 0. The molecule has 0 radical (unpaired) electrons. The Morgan fingerprint density at radius 3 is 2.36 bits per heavy atom. The molecule has 7 rings (SSSR count). The summed E-state index contributed by atoms with van der Waals surface area (Å²) < 4.78 is 6.55. The molecule has 8 heteroatoms. The molecule has 0 amide bonds. The smallest absolute Gasteiger partial charge is 0.212 e. The van der Waals surface area contributed by atoms with Crippen molar-refractivity contribution in [1.82, 2.24) is 0 Å². The summed E-state index contributed by atoms with van der Waals surface area (Å²) in [5, 5.41) is 43.8. The van der Waals surface area contributed by atoms with Gasteiger partial charge in [0.25, 0.3) is 0 Å². The van der Waals surface area contributed by atoms with Gasteiger partial charge in [0.05, 0.1) is 22.1 Å². The predicted octanol–water partition coefficient (Wildman–Crippen LogP) is 4.29. The lowest BCUT2D eigenvalue weighted by molar-refractivity contribution is -0.121. The van der Waals surface area contributed by atoms with Crippen molar-refractivity contribution in [2.24, 2.45) is 5.92 Å². The number of aliphatic hydroxyl groups excluding tert-OH is 1. The number of Topliss-reactive ketones (excluding diaryl/α,β-unsaturated/α-hetero) is 3. The molecule has 0 aromatic heterocycles. The topological polar surface area (TPSA) is 141 Å². The number of aliphatic hydroxyl groups is 1. The van der Waals surface area contributed by atoms with Crippen LogP contribution >= 0.6 is 0 Å². The van der Waals surface area contributed by atoms with Crippen LogP contribution in [0.1, 0.15) is 63.4 Å². The molecular formula is C28H20O8. The molecule has 1 heterocycles. The van der Waals surface area contributed by atoms with Crippen molar-refractivity contribution >= 4 is 33.9 Å². The van der Waals surface area contributed by atoms with Gasteiger partial charge in [0, 0.05) is 35.3 Å². The Balaban J connectivity index is 1.63. The van der Waals surface area contributed by atoms with E-state index in [0.717, 1.165) is 0 Å². The molecule has 4 N–H and O–H groups in total. The van der Waals surface area contributed by atoms with Crippen LogP contribution in [-0.2, 0) is 4.79 Å². The highest BCUT2D eigenvalue weighted by molar-refractivity contribution is 6.22. The van der Waals surface area contributed by atoms with Gasteiger partial charge in [0.1, 0.15) is 28.8 Å². The SMILES string of the molecule is O=C1CC[C@H]2[C@@H]3CCC(=O)c4c3c(c3cccc(O)c3c4O)OC23C(=O)c2cccc(O)c2C(O)=C13. The number of carbonyl (C=O) groups excluding carboxylic acids is 3. The van der Waals surface area contributed by atoms with Crippen molar-refractivity contribution in [3.8, 4) is 23.0 Å². The lowest BCUT2D eigenvalue weighted by Crippen LogP contribution is -2.62. The molecule has 0 bridgehead atoms. The first kappa shape index (κ1) is 21.0. The van der Waals surface area contributed by atoms with E-state index in [-0.39, 0.29) is 75.7 Å². The number of hydrogen-bond donors (Lipinski definition) is 4. The Morgan fingerprint density at radius 1 is 0.833 bits per heavy atom. The number of aromatic hydroxyl groups is 3. The van der Waals surface area contributed by atoms with E-state index in [1.54, 1.807) is 12.1 Å². The van der Waals surface area contributed by atoms with Crippen LogP contribution in [0, 0.1) is 5.92 Å². The third kappa shape index (κ3) is 2.23. The number of phenols is 3. The summed E-state index contributed by atoms with van der Waals surface area (Å²) in [6.45, 7) is 0. The van der Waals surface area contributed by atoms with Crippen molar-refractivity contribution in [2.75, 3.05) is 0 Å². The fourth-order valence-corrected chi connectivity index (χ4v) is 6.91. The van der Waals surface area contributed by atoms with Crippen LogP contribution in [-0.4, -0.2) is 43.4 Å². The van der Waals surface area contributed by atoms with Gasteiger partial charge in [-0.2, -0.15) is 0 Å². The molecule has 0 saturated heterocycles. The van der Waals surface area contributed by atoms with Crippen molar-refractivity contribution in [3.05, 3.63) is 64.2 Å². The average Bonchev–Trinajstić information content (AvgIpc) is 2.85. The minimum absolute atomic E-state index is 0.0216. The zero-order valence-corrected chi connectivity index (χ0v) is 18.9. The molecule has 1 aliphatic heterocycles. The summed E-state index contributed by atoms with van der Waals surface area (Å²) in [5.74, 6) is -3.56. The molecule has 36 heavy (non-hydrogen) atoms. The minimum atomic E-state index is -1.87. The molecule has 8 nitrogen and oxygen atoms in total. The lowest BCUT2D eigenvalue weighted by atomic mass is 9.56. The summed E-state index contributed by atoms with van der Waals surface area (Å²) in [6.07, 6.45) is 0.828. The van der Waals surface area contributed by atoms with Crippen LogP contribution in [0.4, 0.5) is 0 Å². The Morgan fingerprint density at radius 2 is 1.56 bits per heavy atom. The highest BCUT2D eigenvalue weighted by atomic mass is 16.5. The van der Waals surface area contributed by atoms with Crippen LogP contribution in [0.25, 0.3) is 16.5 Å². The van der Waals surface area contributed by atoms with Crippen LogP contribution in [0.2, 0.25) is 0 Å². The highest BCUT2D eigenvalue weighted by Gasteiger charge is 2.65. The molecule has 1 spiro atoms. The monoisotopic (exact) mass is 484 g/mol. The first-order valence-electron chi connectivity index (χ1n) is 11.8. The van der Waals surface area contributed by atoms with Gasteiger partial charge in [0.2, 0.25) is 11.4 Å². The van der Waals surface area contributed by atoms with Gasteiger partial charge in [-0.25, -0.2) is 0 Å². The zero-order chi connectivity index (χ0) is 25.1. The van der Waals surface area contributed by atoms with E-state index in [1.807, 2.05) is 0 Å². The summed E-state index contributed by atoms with van der Waals surface area (Å²) in [4.78, 5) is 40.6. The standard InChI is InChI=1S/C28H20O8/c29-15-5-1-3-12-19(15)24(33)22-17(31)9-7-11-14-8-10-18(32)23-25(34)20-13(4-2-6-16(20)30)27(35)28(14,23)36-26(12)21(11)22/h1-6,11,14,29-30,33-34H,7-10H2/t11-,14-,28?/m0/s1. The van der Waals surface area contributed by atoms with E-state index < -0.39 is 34.8 Å². The number of ether oxygens (including phenoxy) is 1. The predicted molar refractivity (Wildman–Crippen MR) is 127 cm³/mol. The van der Waals surface area contributed by atoms with Gasteiger partial charge < -0.3 is 25.2 Å². The third-order valence-corrected chi connectivity index (χ3v) is 8.31. The molecule has 180 valence electrons. The number of ketones is 3. The van der Waals surface area contributed by atoms with Gasteiger partial charge in [0.15, 0.2) is 11.6 Å². The van der Waals surface area contributed by atoms with Gasteiger partial charge in [-0.3, -0.25) is 14.4 Å². The first-order chi connectivity index (χ1) is 17.3. The molecule has 4 aliphatic rings. The van der Waals surface area contributed by atoms with Gasteiger partial charge in [-0.1, -0.05) is 24.3 Å². The number of fused-ring (bicyclic) bond motifs is 4. The van der Waals surface area contributed by atoms with Crippen LogP contribution < -0.4 is 4.74 Å². The number of carbonyl (C=O) groups is 3. The molecule has 3 aromatic carbocycles. The van der Waals surface area contributed by atoms with Crippen molar-refractivity contribution in [3.63, 3.8) is 0 Å². The molecule has 3 atom stereocenters. The second-order valence-electron chi connectivity index (χ2n) is 9.89. The van der Waals surface area contributed by atoms with Crippen molar-refractivity contribution in [1.29, 1.82) is 0 Å². The van der Waals surface area contributed by atoms with Gasteiger partial charge in [-0.15, -0.1) is 0 Å². The number of rotatable bonds is 0. The number of phenolic OH excluding ortho intramolecular Hbond substituents is 3. The fraction of sp³-hybridized carbons (Fsp3) is 0.250. The molecule has 1 saturated carbocycles. The Hall–Kier alpha value is -4.33. The Bertz CT molecular complexity index is 1630. The lowest BCUT2D eigenvalue weighted by Gasteiger charge is -2.53. The van der Waals surface area contributed by atoms with Crippen LogP contribution in [0.5, 0.6) is 23.0 Å².